The van der Waals surface area contributed by atoms with E-state index < -0.39 is 24.5 Å². The number of aliphatic hydroxyl groups excluding tert-OH is 1. The van der Waals surface area contributed by atoms with Gasteiger partial charge in [-0.15, -0.1) is 0 Å². The maximum absolute atomic E-state index is 12.4. The molecule has 0 aliphatic heterocycles. The molecule has 32 heavy (non-hydrogen) atoms. The van der Waals surface area contributed by atoms with Crippen LogP contribution >= 0.6 is 0 Å². The minimum absolute atomic E-state index is 0.207. The lowest BCUT2D eigenvalue weighted by atomic mass is 9.98. The van der Waals surface area contributed by atoms with Gasteiger partial charge in [0.05, 0.1) is 19.3 Å². The average Bonchev–Trinajstić information content (AvgIpc) is 2.84. The maximum Gasteiger partial charge on any atom is 0.257 e. The first kappa shape index (κ1) is 23.7. The molecular formula is C24H29N3O5. The Hall–Kier alpha value is -2.94. The fourth-order valence-corrected chi connectivity index (χ4v) is 3.64. The Kier molecular flexibility index (Phi) is 9.03. The number of pyridine rings is 1. The predicted octanol–water partition coefficient (Wildman–Crippen LogP) is 1.87. The molecule has 2 aromatic rings. The summed E-state index contributed by atoms with van der Waals surface area (Å²) < 4.78 is 5.80. The van der Waals surface area contributed by atoms with E-state index in [2.05, 4.69) is 15.6 Å². The molecule has 2 amide bonds. The fourth-order valence-electron chi connectivity index (χ4n) is 3.64. The number of nitrogens with zero attached hydrogens (tertiary/aromatic N) is 1. The lowest BCUT2D eigenvalue weighted by molar-refractivity contribution is -0.123. The van der Waals surface area contributed by atoms with Gasteiger partial charge in [0.1, 0.15) is 6.04 Å². The highest BCUT2D eigenvalue weighted by Crippen LogP contribution is 2.19. The van der Waals surface area contributed by atoms with Gasteiger partial charge < -0.3 is 15.2 Å². The van der Waals surface area contributed by atoms with Crippen molar-refractivity contribution in [1.82, 2.24) is 15.6 Å². The highest BCUT2D eigenvalue weighted by Gasteiger charge is 2.21. The summed E-state index contributed by atoms with van der Waals surface area (Å²) in [6.07, 6.45) is 9.06. The molecular weight excluding hydrogens is 410 g/mol. The molecule has 170 valence electrons. The van der Waals surface area contributed by atoms with Crippen molar-refractivity contribution in [2.24, 2.45) is 0 Å². The zero-order valence-electron chi connectivity index (χ0n) is 18.0. The monoisotopic (exact) mass is 439 g/mol. The molecule has 1 heterocycles. The summed E-state index contributed by atoms with van der Waals surface area (Å²) in [6.45, 7) is 0.393. The van der Waals surface area contributed by atoms with Crippen LogP contribution in [0.15, 0.2) is 48.8 Å². The molecule has 1 aromatic carbocycles. The highest BCUT2D eigenvalue weighted by molar-refractivity contribution is 6.10. The van der Waals surface area contributed by atoms with Crippen molar-refractivity contribution >= 4 is 17.6 Å². The molecule has 1 aliphatic rings. The van der Waals surface area contributed by atoms with Crippen LogP contribution in [0.2, 0.25) is 0 Å². The Morgan fingerprint density at radius 1 is 1.03 bits per heavy atom. The van der Waals surface area contributed by atoms with Gasteiger partial charge in [0.25, 0.3) is 5.91 Å². The van der Waals surface area contributed by atoms with Gasteiger partial charge in [0.2, 0.25) is 5.91 Å². The van der Waals surface area contributed by atoms with E-state index in [-0.39, 0.29) is 17.5 Å². The van der Waals surface area contributed by atoms with Crippen LogP contribution in [0.1, 0.15) is 58.4 Å². The number of hydrogen-bond acceptors (Lipinski definition) is 7. The molecule has 0 bridgehead atoms. The molecule has 3 N–H and O–H groups in total. The van der Waals surface area contributed by atoms with Gasteiger partial charge in [-0.2, -0.15) is 0 Å². The number of rotatable bonds is 10. The normalized spacial score (nSPS) is 15.2. The van der Waals surface area contributed by atoms with Crippen molar-refractivity contribution in [3.63, 3.8) is 0 Å². The average molecular weight is 440 g/mol. The van der Waals surface area contributed by atoms with E-state index in [1.807, 2.05) is 0 Å². The minimum Gasteiger partial charge on any atom is -0.394 e. The largest absolute Gasteiger partial charge is 0.394 e. The van der Waals surface area contributed by atoms with Crippen LogP contribution in [0.25, 0.3) is 0 Å². The topological polar surface area (TPSA) is 118 Å². The lowest BCUT2D eigenvalue weighted by Gasteiger charge is -2.22. The number of aromatic nitrogens is 1. The summed E-state index contributed by atoms with van der Waals surface area (Å²) in [5.74, 6) is -1.43. The van der Waals surface area contributed by atoms with Gasteiger partial charge in [-0.25, -0.2) is 0 Å². The van der Waals surface area contributed by atoms with Crippen LogP contribution in [-0.4, -0.2) is 59.6 Å². The molecule has 1 atom stereocenters. The Balaban J connectivity index is 1.46. The van der Waals surface area contributed by atoms with Crippen LogP contribution in [0.5, 0.6) is 0 Å². The maximum atomic E-state index is 12.4. The number of imide groups is 1. The van der Waals surface area contributed by atoms with Gasteiger partial charge in [-0.05, 0) is 37.1 Å². The third-order valence-electron chi connectivity index (χ3n) is 5.47. The number of carbonyl (C=O) groups is 3. The molecule has 0 spiro atoms. The summed E-state index contributed by atoms with van der Waals surface area (Å²) in [7, 11) is 0. The third kappa shape index (κ3) is 6.78. The van der Waals surface area contributed by atoms with Crippen molar-refractivity contribution in [1.29, 1.82) is 0 Å². The first-order valence-corrected chi connectivity index (χ1v) is 10.9. The van der Waals surface area contributed by atoms with E-state index in [0.717, 1.165) is 12.8 Å². The van der Waals surface area contributed by atoms with Gasteiger partial charge in [-0.3, -0.25) is 24.7 Å². The Morgan fingerprint density at radius 3 is 2.41 bits per heavy atom. The van der Waals surface area contributed by atoms with E-state index in [0.29, 0.717) is 24.3 Å². The molecule has 8 heteroatoms. The molecule has 1 fully saturated rings. The van der Waals surface area contributed by atoms with Crippen molar-refractivity contribution in [3.05, 3.63) is 65.5 Å². The fraction of sp³-hybridized carbons (Fsp3) is 0.417. The molecule has 0 saturated heterocycles. The number of benzene rings is 1. The number of hydrogen-bond donors (Lipinski definition) is 3. The number of ether oxygens (including phenoxy) is 1. The highest BCUT2D eigenvalue weighted by atomic mass is 16.5. The van der Waals surface area contributed by atoms with E-state index in [1.54, 1.807) is 18.3 Å². The summed E-state index contributed by atoms with van der Waals surface area (Å²) >= 11 is 0. The number of ketones is 1. The molecule has 1 aliphatic carbocycles. The second-order valence-electron chi connectivity index (χ2n) is 7.79. The van der Waals surface area contributed by atoms with E-state index >= 15 is 0 Å². The number of aliphatic hydroxyl groups is 1. The second kappa shape index (κ2) is 12.2. The van der Waals surface area contributed by atoms with Crippen molar-refractivity contribution in [2.45, 2.75) is 44.2 Å². The SMILES string of the molecule is O=C(NC(=O)[C@H](CO)NCCOC1CCCCC1)c1ccc(C(=O)c2cccnc2)cc1. The van der Waals surface area contributed by atoms with Crippen LogP contribution in [-0.2, 0) is 9.53 Å². The molecule has 8 nitrogen and oxygen atoms in total. The third-order valence-corrected chi connectivity index (χ3v) is 5.47. The molecule has 3 rings (SSSR count). The Morgan fingerprint density at radius 2 is 1.75 bits per heavy atom. The number of carbonyl (C=O) groups excluding carboxylic acids is 3. The van der Waals surface area contributed by atoms with E-state index in [4.69, 9.17) is 4.74 Å². The van der Waals surface area contributed by atoms with Crippen LogP contribution in [0, 0.1) is 0 Å². The first-order chi connectivity index (χ1) is 15.6. The number of amides is 2. The van der Waals surface area contributed by atoms with Crippen LogP contribution in [0.3, 0.4) is 0 Å². The van der Waals surface area contributed by atoms with E-state index in [9.17, 15) is 19.5 Å². The summed E-state index contributed by atoms with van der Waals surface area (Å²) in [5.41, 5.74) is 1.09. The zero-order valence-corrected chi connectivity index (χ0v) is 18.0. The zero-order chi connectivity index (χ0) is 22.8. The molecule has 1 saturated carbocycles. The first-order valence-electron chi connectivity index (χ1n) is 10.9. The summed E-state index contributed by atoms with van der Waals surface area (Å²) in [6, 6.07) is 8.43. The summed E-state index contributed by atoms with van der Waals surface area (Å²) in [4.78, 5) is 41.1. The minimum atomic E-state index is -0.916. The van der Waals surface area contributed by atoms with Crippen LogP contribution < -0.4 is 10.6 Å². The standard InChI is InChI=1S/C24H29N3O5/c28-16-21(26-13-14-32-20-6-2-1-3-7-20)24(31)27-23(30)18-10-8-17(9-11-18)22(29)19-5-4-12-25-15-19/h4-5,8-12,15,20-21,26,28H,1-3,6-7,13-14,16H2,(H,27,30,31)/t21-/m0/s1. The van der Waals surface area contributed by atoms with Gasteiger partial charge in [-0.1, -0.05) is 31.4 Å². The second-order valence-corrected chi connectivity index (χ2v) is 7.79. The molecule has 0 unspecified atom stereocenters. The predicted molar refractivity (Wildman–Crippen MR) is 118 cm³/mol. The number of nitrogens with one attached hydrogen (secondary N) is 2. The van der Waals surface area contributed by atoms with Gasteiger partial charge >= 0.3 is 0 Å². The quantitative estimate of drug-likeness (QED) is 0.382. The lowest BCUT2D eigenvalue weighted by Crippen LogP contribution is -2.49. The van der Waals surface area contributed by atoms with Crippen molar-refractivity contribution in [2.75, 3.05) is 19.8 Å². The van der Waals surface area contributed by atoms with Gasteiger partial charge in [0, 0.05) is 35.6 Å². The Labute approximate surface area is 187 Å². The van der Waals surface area contributed by atoms with Gasteiger partial charge in [0.15, 0.2) is 5.78 Å². The van der Waals surface area contributed by atoms with Crippen LogP contribution in [0.4, 0.5) is 0 Å². The molecule has 0 radical (unpaired) electrons. The molecule has 1 aromatic heterocycles. The smallest absolute Gasteiger partial charge is 0.257 e. The van der Waals surface area contributed by atoms with Crippen molar-refractivity contribution < 1.29 is 24.2 Å². The van der Waals surface area contributed by atoms with Crippen molar-refractivity contribution in [3.8, 4) is 0 Å². The summed E-state index contributed by atoms with van der Waals surface area (Å²) in [5, 5.41) is 14.7. The Bertz CT molecular complexity index is 896. The van der Waals surface area contributed by atoms with E-state index in [1.165, 1.54) is 49.7 Å².